The van der Waals surface area contributed by atoms with E-state index < -0.39 is 41.3 Å². The zero-order valence-electron chi connectivity index (χ0n) is 28.4. The summed E-state index contributed by atoms with van der Waals surface area (Å²) in [5.41, 5.74) is 0.719. The second-order valence-corrected chi connectivity index (χ2v) is 13.6. The lowest BCUT2D eigenvalue weighted by Crippen LogP contribution is -2.47. The molecule has 0 fully saturated rings. The minimum absolute atomic E-state index is 0.0698. The van der Waals surface area contributed by atoms with Gasteiger partial charge in [-0.15, -0.1) is 5.10 Å². The van der Waals surface area contributed by atoms with Crippen LogP contribution in [0.15, 0.2) is 53.7 Å². The van der Waals surface area contributed by atoms with Crippen molar-refractivity contribution in [2.24, 2.45) is 4.99 Å². The van der Waals surface area contributed by atoms with Gasteiger partial charge in [-0.05, 0) is 65.7 Å². The van der Waals surface area contributed by atoms with Crippen LogP contribution >= 0.6 is 23.2 Å². The fraction of sp³-hybridized carbons (Fsp3) is 0.424. The Kier molecular flexibility index (Phi) is 13.5. The van der Waals surface area contributed by atoms with Gasteiger partial charge in [0, 0.05) is 25.1 Å². The van der Waals surface area contributed by atoms with Gasteiger partial charge in [0.25, 0.3) is 5.91 Å². The zero-order chi connectivity index (χ0) is 36.4. The topological polar surface area (TPSA) is 175 Å². The van der Waals surface area contributed by atoms with E-state index in [-0.39, 0.29) is 34.5 Å². The highest BCUT2D eigenvalue weighted by Crippen LogP contribution is 2.24. The van der Waals surface area contributed by atoms with Crippen molar-refractivity contribution >= 4 is 53.2 Å². The number of aromatic nitrogens is 3. The Morgan fingerprint density at radius 1 is 0.898 bits per heavy atom. The number of ether oxygens (including phenoxy) is 3. The van der Waals surface area contributed by atoms with Gasteiger partial charge in [0.2, 0.25) is 5.96 Å². The minimum Gasteiger partial charge on any atom is -0.467 e. The van der Waals surface area contributed by atoms with Crippen LogP contribution in [0.3, 0.4) is 0 Å². The molecule has 0 aliphatic heterocycles. The number of amides is 3. The van der Waals surface area contributed by atoms with E-state index in [0.717, 1.165) is 11.1 Å². The lowest BCUT2D eigenvalue weighted by atomic mass is 10.0. The molecule has 3 rings (SSSR count). The number of nitrogens with one attached hydrogen (secondary N) is 3. The van der Waals surface area contributed by atoms with Crippen LogP contribution in [0, 0.1) is 0 Å². The number of carbonyl (C=O) groups excluding carboxylic acids is 4. The Labute approximate surface area is 294 Å². The molecule has 0 bridgehead atoms. The van der Waals surface area contributed by atoms with Crippen molar-refractivity contribution in [2.75, 3.05) is 13.7 Å². The van der Waals surface area contributed by atoms with Crippen molar-refractivity contribution in [3.63, 3.8) is 0 Å². The standard InChI is InChI=1S/C33H41Cl2N7O7/c1-32(2,3)48-30(45)38-29(39-31(46)49-33(4,5)6)36-16-9-17-42-19-25(40-41-42)21-14-12-20(13-15-21)18-24(28(44)47-7)37-27(43)26-22(34)10-8-11-23(26)35/h8,10-15,19,24H,9,16-18H2,1-7H3,(H,37,43)(H2,36,38,39,45,46)/t24-/m0/s1. The van der Waals surface area contributed by atoms with E-state index in [0.29, 0.717) is 18.7 Å². The van der Waals surface area contributed by atoms with Crippen molar-refractivity contribution in [3.8, 4) is 11.3 Å². The Hall–Kier alpha value is -4.69. The zero-order valence-corrected chi connectivity index (χ0v) is 29.9. The number of rotatable bonds is 10. The van der Waals surface area contributed by atoms with E-state index in [9.17, 15) is 19.2 Å². The average Bonchev–Trinajstić information content (AvgIpc) is 3.46. The van der Waals surface area contributed by atoms with Crippen LogP contribution in [0.5, 0.6) is 0 Å². The molecular weight excluding hydrogens is 677 g/mol. The largest absolute Gasteiger partial charge is 0.467 e. The molecule has 0 aliphatic rings. The lowest BCUT2D eigenvalue weighted by Gasteiger charge is -2.22. The number of methoxy groups -OCH3 is 1. The van der Waals surface area contributed by atoms with Crippen LogP contribution < -0.4 is 16.0 Å². The molecule has 2 aromatic carbocycles. The number of carbonyl (C=O) groups is 4. The molecular formula is C33H41Cl2N7O7. The molecule has 14 nitrogen and oxygen atoms in total. The molecule has 0 saturated carbocycles. The summed E-state index contributed by atoms with van der Waals surface area (Å²) < 4.78 is 17.1. The Morgan fingerprint density at radius 3 is 2.00 bits per heavy atom. The Balaban J connectivity index is 1.61. The predicted molar refractivity (Wildman–Crippen MR) is 185 cm³/mol. The maximum atomic E-state index is 12.9. The molecule has 1 aromatic heterocycles. The van der Waals surface area contributed by atoms with Gasteiger partial charge in [-0.25, -0.2) is 14.4 Å². The van der Waals surface area contributed by atoms with Gasteiger partial charge >= 0.3 is 18.2 Å². The summed E-state index contributed by atoms with van der Waals surface area (Å²) in [5.74, 6) is -1.33. The second kappa shape index (κ2) is 17.1. The SMILES string of the molecule is COC(=O)[C@H](Cc1ccc(-c2cn(CCCN=C(NC(=O)OC(C)(C)C)NC(=O)OC(C)(C)C)nn2)cc1)NC(=O)c1c(Cl)cccc1Cl. The second-order valence-electron chi connectivity index (χ2n) is 12.8. The fourth-order valence-corrected chi connectivity index (χ4v) is 4.77. The molecule has 1 atom stereocenters. The summed E-state index contributed by atoms with van der Waals surface area (Å²) in [4.78, 5) is 54.3. The van der Waals surface area contributed by atoms with Crippen LogP contribution in [0.25, 0.3) is 11.3 Å². The third kappa shape index (κ3) is 13.0. The first-order valence-corrected chi connectivity index (χ1v) is 16.1. The number of aryl methyl sites for hydroxylation is 1. The first kappa shape index (κ1) is 38.8. The molecule has 0 saturated heterocycles. The van der Waals surface area contributed by atoms with Gasteiger partial charge in [-0.1, -0.05) is 58.7 Å². The molecule has 0 unspecified atom stereocenters. The number of halogens is 2. The molecule has 1 heterocycles. The quantitative estimate of drug-likeness (QED) is 0.0797. The maximum Gasteiger partial charge on any atom is 0.414 e. The number of esters is 1. The summed E-state index contributed by atoms with van der Waals surface area (Å²) >= 11 is 12.3. The van der Waals surface area contributed by atoms with Gasteiger partial charge in [0.15, 0.2) is 0 Å². The number of benzene rings is 2. The molecule has 0 radical (unpaired) electrons. The van der Waals surface area contributed by atoms with Gasteiger partial charge in [0.05, 0.1) is 28.9 Å². The number of guanidine groups is 1. The fourth-order valence-electron chi connectivity index (χ4n) is 4.20. The van der Waals surface area contributed by atoms with Crippen LogP contribution in [-0.2, 0) is 32.0 Å². The van der Waals surface area contributed by atoms with Crippen molar-refractivity contribution < 1.29 is 33.4 Å². The highest BCUT2D eigenvalue weighted by Gasteiger charge is 2.25. The molecule has 3 N–H and O–H groups in total. The van der Waals surface area contributed by atoms with Crippen molar-refractivity contribution in [2.45, 2.75) is 78.2 Å². The Bertz CT molecular complexity index is 1610. The number of hydrogen-bond donors (Lipinski definition) is 3. The van der Waals surface area contributed by atoms with E-state index in [1.165, 1.54) is 19.2 Å². The highest BCUT2D eigenvalue weighted by molar-refractivity contribution is 6.39. The van der Waals surface area contributed by atoms with E-state index in [1.807, 2.05) is 24.3 Å². The number of hydrogen-bond acceptors (Lipinski definition) is 10. The van der Waals surface area contributed by atoms with Gasteiger partial charge in [-0.3, -0.25) is 25.1 Å². The normalized spacial score (nSPS) is 11.9. The summed E-state index contributed by atoms with van der Waals surface area (Å²) in [5, 5.41) is 16.3. The van der Waals surface area contributed by atoms with Crippen LogP contribution in [-0.4, -0.2) is 75.9 Å². The van der Waals surface area contributed by atoms with Gasteiger partial charge in [-0.2, -0.15) is 0 Å². The molecule has 49 heavy (non-hydrogen) atoms. The summed E-state index contributed by atoms with van der Waals surface area (Å²) in [6, 6.07) is 11.0. The highest BCUT2D eigenvalue weighted by atomic mass is 35.5. The molecule has 264 valence electrons. The Morgan fingerprint density at radius 2 is 1.47 bits per heavy atom. The van der Waals surface area contributed by atoms with Crippen molar-refractivity contribution in [1.29, 1.82) is 0 Å². The van der Waals surface area contributed by atoms with E-state index >= 15 is 0 Å². The van der Waals surface area contributed by atoms with Gasteiger partial charge in [0.1, 0.15) is 22.9 Å². The molecule has 0 aliphatic carbocycles. The monoisotopic (exact) mass is 717 g/mol. The average molecular weight is 719 g/mol. The van der Waals surface area contributed by atoms with E-state index in [4.69, 9.17) is 37.4 Å². The molecule has 16 heteroatoms. The van der Waals surface area contributed by atoms with Crippen LogP contribution in [0.4, 0.5) is 9.59 Å². The summed E-state index contributed by atoms with van der Waals surface area (Å²) in [6.07, 6.45) is 0.866. The smallest absolute Gasteiger partial charge is 0.414 e. The lowest BCUT2D eigenvalue weighted by molar-refractivity contribution is -0.142. The van der Waals surface area contributed by atoms with Crippen molar-refractivity contribution in [3.05, 3.63) is 69.8 Å². The predicted octanol–water partition coefficient (Wildman–Crippen LogP) is 5.56. The van der Waals surface area contributed by atoms with E-state index in [2.05, 4.69) is 31.3 Å². The number of nitrogens with zero attached hydrogens (tertiary/aromatic N) is 4. The molecule has 3 aromatic rings. The maximum absolute atomic E-state index is 12.9. The number of alkyl carbamates (subject to hydrolysis) is 2. The molecule has 3 amide bonds. The van der Waals surface area contributed by atoms with Crippen molar-refractivity contribution in [1.82, 2.24) is 30.9 Å². The summed E-state index contributed by atoms with van der Waals surface area (Å²) in [7, 11) is 1.24. The first-order chi connectivity index (χ1) is 22.9. The third-order valence-corrected chi connectivity index (χ3v) is 6.89. The third-order valence-electron chi connectivity index (χ3n) is 6.26. The minimum atomic E-state index is -0.988. The van der Waals surface area contributed by atoms with Crippen LogP contribution in [0.2, 0.25) is 10.0 Å². The first-order valence-electron chi connectivity index (χ1n) is 15.3. The van der Waals surface area contributed by atoms with Crippen LogP contribution in [0.1, 0.15) is 63.9 Å². The summed E-state index contributed by atoms with van der Waals surface area (Å²) in [6.45, 7) is 11.0. The van der Waals surface area contributed by atoms with Gasteiger partial charge < -0.3 is 19.5 Å². The van der Waals surface area contributed by atoms with E-state index in [1.54, 1.807) is 58.5 Å². The molecule has 0 spiro atoms. The number of aliphatic imine (C=N–C) groups is 1.